The Hall–Kier alpha value is -2.40. The fraction of sp³-hybridized carbons (Fsp3) is 0.0667. The maximum Gasteiger partial charge on any atom is 0.204 e. The molecule has 1 heterocycles. The van der Waals surface area contributed by atoms with E-state index in [9.17, 15) is 5.11 Å². The lowest BCUT2D eigenvalue weighted by Crippen LogP contribution is -1.99. The molecule has 0 bridgehead atoms. The Morgan fingerprint density at radius 3 is 2.70 bits per heavy atom. The summed E-state index contributed by atoms with van der Waals surface area (Å²) in [6.45, 7) is 1.84. The molecular formula is C15H13N3OS. The molecule has 0 saturated carbocycles. The van der Waals surface area contributed by atoms with Crippen LogP contribution in [0.25, 0.3) is 10.2 Å². The number of aromatic hydroxyl groups is 1. The molecule has 0 saturated heterocycles. The van der Waals surface area contributed by atoms with E-state index in [2.05, 4.69) is 15.5 Å². The molecule has 5 heteroatoms. The van der Waals surface area contributed by atoms with Gasteiger partial charge in [0.15, 0.2) is 0 Å². The van der Waals surface area contributed by atoms with Gasteiger partial charge in [0.25, 0.3) is 0 Å². The first-order chi connectivity index (χ1) is 9.74. The van der Waals surface area contributed by atoms with Crippen molar-refractivity contribution >= 4 is 32.4 Å². The third kappa shape index (κ3) is 2.48. The van der Waals surface area contributed by atoms with E-state index in [1.807, 2.05) is 43.3 Å². The summed E-state index contributed by atoms with van der Waals surface area (Å²) >= 11 is 1.55. The van der Waals surface area contributed by atoms with Gasteiger partial charge in [0.05, 0.1) is 15.9 Å². The third-order valence-corrected chi connectivity index (χ3v) is 3.85. The van der Waals surface area contributed by atoms with Gasteiger partial charge >= 0.3 is 0 Å². The summed E-state index contributed by atoms with van der Waals surface area (Å²) in [5.74, 6) is 0.222. The van der Waals surface area contributed by atoms with Crippen LogP contribution in [0.3, 0.4) is 0 Å². The number of phenolic OH excluding ortho intramolecular Hbond substituents is 1. The monoisotopic (exact) mass is 283 g/mol. The quantitative estimate of drug-likeness (QED) is 0.567. The van der Waals surface area contributed by atoms with Crippen molar-refractivity contribution in [3.05, 3.63) is 54.1 Å². The molecule has 4 nitrogen and oxygen atoms in total. The van der Waals surface area contributed by atoms with E-state index in [1.54, 1.807) is 23.5 Å². The number of nitrogens with zero attached hydrogens (tertiary/aromatic N) is 2. The number of hydrazone groups is 1. The minimum absolute atomic E-state index is 0.222. The van der Waals surface area contributed by atoms with Crippen molar-refractivity contribution in [2.24, 2.45) is 5.10 Å². The first kappa shape index (κ1) is 12.6. The van der Waals surface area contributed by atoms with Crippen LogP contribution in [0.4, 0.5) is 5.13 Å². The van der Waals surface area contributed by atoms with E-state index >= 15 is 0 Å². The summed E-state index contributed by atoms with van der Waals surface area (Å²) in [7, 11) is 0. The second-order valence-corrected chi connectivity index (χ2v) is 5.34. The number of para-hydroxylation sites is 2. The van der Waals surface area contributed by atoms with Gasteiger partial charge in [-0.1, -0.05) is 35.6 Å². The van der Waals surface area contributed by atoms with Crippen molar-refractivity contribution in [1.82, 2.24) is 4.98 Å². The molecule has 3 aromatic rings. The van der Waals surface area contributed by atoms with Gasteiger partial charge in [-0.3, -0.25) is 5.43 Å². The SMILES string of the molecule is C/C(=N/Nc1nc2ccccc2s1)c1ccccc1O. The molecule has 0 aliphatic rings. The molecule has 0 fully saturated rings. The van der Waals surface area contributed by atoms with Crippen LogP contribution in [0.1, 0.15) is 12.5 Å². The molecule has 0 aliphatic heterocycles. The lowest BCUT2D eigenvalue weighted by atomic mass is 10.1. The third-order valence-electron chi connectivity index (χ3n) is 2.91. The zero-order valence-electron chi connectivity index (χ0n) is 10.9. The number of benzene rings is 2. The van der Waals surface area contributed by atoms with Crippen molar-refractivity contribution in [3.63, 3.8) is 0 Å². The fourth-order valence-electron chi connectivity index (χ4n) is 1.89. The number of thiazole rings is 1. The van der Waals surface area contributed by atoms with Crippen molar-refractivity contribution in [3.8, 4) is 5.75 Å². The number of hydrogen-bond donors (Lipinski definition) is 2. The van der Waals surface area contributed by atoms with Crippen LogP contribution >= 0.6 is 11.3 Å². The van der Waals surface area contributed by atoms with Gasteiger partial charge in [-0.25, -0.2) is 4.98 Å². The van der Waals surface area contributed by atoms with Gasteiger partial charge in [0.2, 0.25) is 5.13 Å². The number of rotatable bonds is 3. The lowest BCUT2D eigenvalue weighted by molar-refractivity contribution is 0.474. The van der Waals surface area contributed by atoms with E-state index in [0.717, 1.165) is 15.3 Å². The summed E-state index contributed by atoms with van der Waals surface area (Å²) in [6, 6.07) is 15.1. The van der Waals surface area contributed by atoms with Gasteiger partial charge in [-0.15, -0.1) is 0 Å². The summed E-state index contributed by atoms with van der Waals surface area (Å²) in [5, 5.41) is 14.8. The molecule has 0 amide bonds. The predicted octanol–water partition coefficient (Wildman–Crippen LogP) is 3.84. The Labute approximate surface area is 120 Å². The van der Waals surface area contributed by atoms with Crippen LogP contribution in [-0.2, 0) is 0 Å². The average molecular weight is 283 g/mol. The van der Waals surface area contributed by atoms with Crippen molar-refractivity contribution in [2.75, 3.05) is 5.43 Å². The first-order valence-electron chi connectivity index (χ1n) is 6.18. The molecule has 0 atom stereocenters. The van der Waals surface area contributed by atoms with Crippen LogP contribution in [0.5, 0.6) is 5.75 Å². The molecule has 0 unspecified atom stereocenters. The van der Waals surface area contributed by atoms with Crippen LogP contribution in [0.2, 0.25) is 0 Å². The highest BCUT2D eigenvalue weighted by Crippen LogP contribution is 2.25. The number of aromatic nitrogens is 1. The molecule has 2 aromatic carbocycles. The molecule has 0 spiro atoms. The number of fused-ring (bicyclic) bond motifs is 1. The normalized spacial score (nSPS) is 11.8. The molecule has 0 aliphatic carbocycles. The minimum atomic E-state index is 0.222. The maximum atomic E-state index is 9.77. The Morgan fingerprint density at radius 2 is 1.90 bits per heavy atom. The smallest absolute Gasteiger partial charge is 0.204 e. The molecule has 0 radical (unpaired) electrons. The summed E-state index contributed by atoms with van der Waals surface area (Å²) < 4.78 is 1.12. The Kier molecular flexibility index (Phi) is 3.35. The largest absolute Gasteiger partial charge is 0.507 e. The average Bonchev–Trinajstić information content (AvgIpc) is 2.88. The first-order valence-corrected chi connectivity index (χ1v) is 7.00. The summed E-state index contributed by atoms with van der Waals surface area (Å²) in [6.07, 6.45) is 0. The van der Waals surface area contributed by atoms with Gasteiger partial charge in [-0.05, 0) is 31.2 Å². The van der Waals surface area contributed by atoms with E-state index < -0.39 is 0 Å². The number of nitrogens with one attached hydrogen (secondary N) is 1. The van der Waals surface area contributed by atoms with Gasteiger partial charge in [-0.2, -0.15) is 5.10 Å². The van der Waals surface area contributed by atoms with Gasteiger partial charge in [0.1, 0.15) is 5.75 Å². The highest BCUT2D eigenvalue weighted by molar-refractivity contribution is 7.22. The van der Waals surface area contributed by atoms with Crippen LogP contribution in [0.15, 0.2) is 53.6 Å². The Balaban J connectivity index is 1.84. The highest BCUT2D eigenvalue weighted by atomic mass is 32.1. The summed E-state index contributed by atoms with van der Waals surface area (Å²) in [5.41, 5.74) is 5.32. The van der Waals surface area contributed by atoms with Crippen LogP contribution in [0, 0.1) is 0 Å². The van der Waals surface area contributed by atoms with Crippen LogP contribution < -0.4 is 5.43 Å². The topological polar surface area (TPSA) is 57.5 Å². The van der Waals surface area contributed by atoms with E-state index in [1.165, 1.54) is 0 Å². The van der Waals surface area contributed by atoms with Crippen molar-refractivity contribution in [1.29, 1.82) is 0 Å². The molecule has 2 N–H and O–H groups in total. The van der Waals surface area contributed by atoms with Gasteiger partial charge in [0, 0.05) is 5.56 Å². The van der Waals surface area contributed by atoms with Crippen molar-refractivity contribution < 1.29 is 5.11 Å². The Bertz CT molecular complexity index is 746. The van der Waals surface area contributed by atoms with E-state index in [4.69, 9.17) is 0 Å². The molecule has 1 aromatic heterocycles. The maximum absolute atomic E-state index is 9.77. The minimum Gasteiger partial charge on any atom is -0.507 e. The number of anilines is 1. The zero-order valence-corrected chi connectivity index (χ0v) is 11.7. The second kappa shape index (κ2) is 5.30. The highest BCUT2D eigenvalue weighted by Gasteiger charge is 2.05. The molecule has 20 heavy (non-hydrogen) atoms. The lowest BCUT2D eigenvalue weighted by Gasteiger charge is -2.03. The standard InChI is InChI=1S/C15H13N3OS/c1-10(11-6-2-4-8-13(11)19)17-18-15-16-12-7-3-5-9-14(12)20-15/h2-9,19H,1H3,(H,16,18)/b17-10-. The molecule has 100 valence electrons. The van der Waals surface area contributed by atoms with Crippen molar-refractivity contribution in [2.45, 2.75) is 6.92 Å². The second-order valence-electron chi connectivity index (χ2n) is 4.31. The molecular weight excluding hydrogens is 270 g/mol. The van der Waals surface area contributed by atoms with Crippen LogP contribution in [-0.4, -0.2) is 15.8 Å². The number of hydrogen-bond acceptors (Lipinski definition) is 5. The van der Waals surface area contributed by atoms with E-state index in [0.29, 0.717) is 11.3 Å². The van der Waals surface area contributed by atoms with E-state index in [-0.39, 0.29) is 5.75 Å². The zero-order chi connectivity index (χ0) is 13.9. The fourth-order valence-corrected chi connectivity index (χ4v) is 2.70. The molecule has 3 rings (SSSR count). The van der Waals surface area contributed by atoms with Gasteiger partial charge < -0.3 is 5.11 Å². The predicted molar refractivity (Wildman–Crippen MR) is 83.6 cm³/mol. The summed E-state index contributed by atoms with van der Waals surface area (Å²) in [4.78, 5) is 4.44. The number of phenols is 1. The Morgan fingerprint density at radius 1 is 1.15 bits per heavy atom.